The highest BCUT2D eigenvalue weighted by molar-refractivity contribution is 5.89. The molecule has 3 saturated heterocycles. The smallest absolute Gasteiger partial charge is 0.291 e. The lowest BCUT2D eigenvalue weighted by atomic mass is 9.75. The molecule has 2 bridgehead atoms. The summed E-state index contributed by atoms with van der Waals surface area (Å²) in [6, 6.07) is 2.34. The van der Waals surface area contributed by atoms with Crippen LogP contribution in [0, 0.1) is 5.92 Å². The van der Waals surface area contributed by atoms with Crippen molar-refractivity contribution < 1.29 is 4.74 Å². The van der Waals surface area contributed by atoms with Crippen LogP contribution in [0.15, 0.2) is 30.0 Å². The number of piperidine rings is 3. The van der Waals surface area contributed by atoms with Crippen molar-refractivity contribution in [2.45, 2.75) is 18.4 Å². The van der Waals surface area contributed by atoms with E-state index in [0.717, 1.165) is 13.1 Å². The highest BCUT2D eigenvalue weighted by Gasteiger charge is 2.51. The summed E-state index contributed by atoms with van der Waals surface area (Å²) in [5.41, 5.74) is -0.152. The molecule has 2 aromatic rings. The van der Waals surface area contributed by atoms with Gasteiger partial charge in [-0.3, -0.25) is 10.2 Å². The molecule has 2 aromatic heterocycles. The van der Waals surface area contributed by atoms with Crippen LogP contribution in [0.5, 0.6) is 0 Å². The van der Waals surface area contributed by atoms with E-state index in [0.29, 0.717) is 23.6 Å². The quantitative estimate of drug-likeness (QED) is 0.849. The molecule has 4 aliphatic heterocycles. The third kappa shape index (κ3) is 2.23. The molecule has 4 aliphatic rings. The number of fused-ring (bicyclic) bond motifs is 2. The first kappa shape index (κ1) is 13.8. The summed E-state index contributed by atoms with van der Waals surface area (Å²) in [6.45, 7) is 4.06. The number of nitrogens with one attached hydrogen (secondary N) is 1. The van der Waals surface area contributed by atoms with Crippen LogP contribution in [0.1, 0.15) is 12.8 Å². The van der Waals surface area contributed by atoms with Crippen LogP contribution in [0.4, 0.5) is 5.82 Å². The van der Waals surface area contributed by atoms with E-state index < -0.39 is 0 Å². The Morgan fingerprint density at radius 1 is 1.21 bits per heavy atom. The van der Waals surface area contributed by atoms with Crippen molar-refractivity contribution in [2.24, 2.45) is 10.9 Å². The summed E-state index contributed by atoms with van der Waals surface area (Å²) in [7, 11) is 0. The van der Waals surface area contributed by atoms with Crippen molar-refractivity contribution in [2.75, 3.05) is 31.5 Å². The summed E-state index contributed by atoms with van der Waals surface area (Å²) in [6.07, 6.45) is 6.95. The molecule has 0 aliphatic carbocycles. The number of ether oxygens (including phenoxy) is 1. The third-order valence-electron chi connectivity index (χ3n) is 5.15. The first-order valence-corrected chi connectivity index (χ1v) is 8.21. The van der Waals surface area contributed by atoms with Crippen LogP contribution in [0.3, 0.4) is 0 Å². The zero-order valence-electron chi connectivity index (χ0n) is 13.2. The van der Waals surface area contributed by atoms with Crippen LogP contribution in [-0.2, 0) is 4.74 Å². The summed E-state index contributed by atoms with van der Waals surface area (Å²) in [4.78, 5) is 19.4. The van der Waals surface area contributed by atoms with E-state index in [4.69, 9.17) is 4.74 Å². The first-order chi connectivity index (χ1) is 11.8. The van der Waals surface area contributed by atoms with Crippen molar-refractivity contribution in [1.82, 2.24) is 29.6 Å². The monoisotopic (exact) mass is 326 g/mol. The van der Waals surface area contributed by atoms with E-state index in [1.165, 1.54) is 38.6 Å². The Kier molecular flexibility index (Phi) is 3.02. The fraction of sp³-hybridized carbons (Fsp3) is 0.533. The molecule has 9 nitrogen and oxygen atoms in total. The number of hydrogen-bond acceptors (Lipinski definition) is 8. The third-order valence-corrected chi connectivity index (χ3v) is 5.15. The predicted molar refractivity (Wildman–Crippen MR) is 85.9 cm³/mol. The van der Waals surface area contributed by atoms with Gasteiger partial charge in [0, 0.05) is 18.5 Å². The van der Waals surface area contributed by atoms with Gasteiger partial charge in [-0.1, -0.05) is 0 Å². The number of anilines is 1. The number of rotatable bonds is 2. The van der Waals surface area contributed by atoms with Gasteiger partial charge in [-0.05, 0) is 25.9 Å². The SMILES string of the molecule is c1nc(NC2=NCC3(CN4CCC3CC4)O2)cc(-n2cncn2)n1. The molecular formula is C15H18N8O. The average Bonchev–Trinajstić information content (AvgIpc) is 3.27. The highest BCUT2D eigenvalue weighted by Crippen LogP contribution is 2.40. The van der Waals surface area contributed by atoms with Crippen LogP contribution >= 0.6 is 0 Å². The fourth-order valence-electron chi connectivity index (χ4n) is 3.92. The van der Waals surface area contributed by atoms with Gasteiger partial charge in [0.2, 0.25) is 0 Å². The topological polar surface area (TPSA) is 93.3 Å². The molecule has 0 saturated carbocycles. The van der Waals surface area contributed by atoms with Gasteiger partial charge in [-0.25, -0.2) is 24.6 Å². The molecule has 1 N–H and O–H groups in total. The Bertz CT molecular complexity index is 768. The van der Waals surface area contributed by atoms with Gasteiger partial charge >= 0.3 is 0 Å². The number of aromatic nitrogens is 5. The summed E-state index contributed by atoms with van der Waals surface area (Å²) in [5, 5.41) is 7.24. The zero-order chi connectivity index (χ0) is 16.0. The van der Waals surface area contributed by atoms with E-state index in [1.54, 1.807) is 17.1 Å². The molecule has 124 valence electrons. The maximum Gasteiger partial charge on any atom is 0.291 e. The van der Waals surface area contributed by atoms with Gasteiger partial charge in [0.25, 0.3) is 6.02 Å². The fourth-order valence-corrected chi connectivity index (χ4v) is 3.92. The molecule has 1 spiro atoms. The molecule has 1 atom stereocenters. The summed E-state index contributed by atoms with van der Waals surface area (Å²) < 4.78 is 7.84. The average molecular weight is 326 g/mol. The van der Waals surface area contributed by atoms with Gasteiger partial charge < -0.3 is 4.74 Å². The van der Waals surface area contributed by atoms with Crippen molar-refractivity contribution >= 4 is 11.8 Å². The molecule has 6 rings (SSSR count). The van der Waals surface area contributed by atoms with Crippen molar-refractivity contribution in [3.05, 3.63) is 25.0 Å². The number of aliphatic imine (C=N–C) groups is 1. The van der Waals surface area contributed by atoms with E-state index in [-0.39, 0.29) is 5.60 Å². The van der Waals surface area contributed by atoms with E-state index in [9.17, 15) is 0 Å². The minimum Gasteiger partial charge on any atom is -0.455 e. The van der Waals surface area contributed by atoms with Gasteiger partial charge in [0.15, 0.2) is 5.82 Å². The second kappa shape index (κ2) is 5.23. The molecule has 3 fully saturated rings. The van der Waals surface area contributed by atoms with Crippen LogP contribution < -0.4 is 5.32 Å². The van der Waals surface area contributed by atoms with E-state index in [1.807, 2.05) is 0 Å². The lowest BCUT2D eigenvalue weighted by Crippen LogP contribution is -2.61. The molecular weight excluding hydrogens is 308 g/mol. The van der Waals surface area contributed by atoms with Gasteiger partial charge in [0.1, 0.15) is 30.4 Å². The molecule has 0 radical (unpaired) electrons. The zero-order valence-corrected chi connectivity index (χ0v) is 13.2. The number of amidine groups is 1. The van der Waals surface area contributed by atoms with Crippen LogP contribution in [0.2, 0.25) is 0 Å². The van der Waals surface area contributed by atoms with Crippen LogP contribution in [0.25, 0.3) is 5.82 Å². The lowest BCUT2D eigenvalue weighted by molar-refractivity contribution is -0.0829. The highest BCUT2D eigenvalue weighted by atomic mass is 16.5. The minimum atomic E-state index is -0.152. The van der Waals surface area contributed by atoms with Crippen molar-refractivity contribution in [1.29, 1.82) is 0 Å². The van der Waals surface area contributed by atoms with E-state index in [2.05, 4.69) is 35.3 Å². The Hall–Kier alpha value is -2.55. The van der Waals surface area contributed by atoms with E-state index >= 15 is 0 Å². The summed E-state index contributed by atoms with van der Waals surface area (Å²) in [5.74, 6) is 1.87. The largest absolute Gasteiger partial charge is 0.455 e. The standard InChI is InChI=1S/C15H18N8O/c1-3-22-4-2-11(1)15(7-22)6-17-14(24-15)21-12-5-13(19-9-18-12)23-10-16-8-20-23/h5,8-11H,1-4,6-7H2,(H,17,18,19,21). The number of nitrogens with zero attached hydrogens (tertiary/aromatic N) is 7. The molecule has 6 heterocycles. The normalized spacial score (nSPS) is 31.1. The number of hydrogen-bond donors (Lipinski definition) is 1. The molecule has 24 heavy (non-hydrogen) atoms. The van der Waals surface area contributed by atoms with Gasteiger partial charge in [-0.15, -0.1) is 0 Å². The maximum atomic E-state index is 6.26. The Morgan fingerprint density at radius 2 is 2.12 bits per heavy atom. The molecule has 9 heteroatoms. The summed E-state index contributed by atoms with van der Waals surface area (Å²) >= 11 is 0. The van der Waals surface area contributed by atoms with Gasteiger partial charge in [-0.2, -0.15) is 5.10 Å². The van der Waals surface area contributed by atoms with Gasteiger partial charge in [0.05, 0.1) is 6.54 Å². The van der Waals surface area contributed by atoms with Crippen LogP contribution in [-0.4, -0.2) is 67.4 Å². The lowest BCUT2D eigenvalue weighted by Gasteiger charge is -2.50. The molecule has 0 aromatic carbocycles. The maximum absolute atomic E-state index is 6.26. The first-order valence-electron chi connectivity index (χ1n) is 8.21. The Labute approximate surface area is 138 Å². The Balaban J connectivity index is 1.32. The molecule has 0 amide bonds. The molecule has 1 unspecified atom stereocenters. The van der Waals surface area contributed by atoms with Crippen molar-refractivity contribution in [3.63, 3.8) is 0 Å². The predicted octanol–water partition coefficient (Wildman–Crippen LogP) is 0.320. The minimum absolute atomic E-state index is 0.152. The second-order valence-corrected chi connectivity index (χ2v) is 6.57. The second-order valence-electron chi connectivity index (χ2n) is 6.57. The van der Waals surface area contributed by atoms with Crippen molar-refractivity contribution in [3.8, 4) is 5.82 Å². The Morgan fingerprint density at radius 3 is 2.88 bits per heavy atom.